The molecule has 0 fully saturated rings. The fourth-order valence-electron chi connectivity index (χ4n) is 4.61. The number of nitrogens with two attached hydrogens (primary N) is 2. The van der Waals surface area contributed by atoms with E-state index in [0.29, 0.717) is 36.2 Å². The van der Waals surface area contributed by atoms with E-state index >= 15 is 0 Å². The normalized spacial score (nSPS) is 12.8. The lowest BCUT2D eigenvalue weighted by atomic mass is 9.95. The van der Waals surface area contributed by atoms with E-state index in [0.717, 1.165) is 11.1 Å². The molecule has 0 aromatic heterocycles. The van der Waals surface area contributed by atoms with Crippen LogP contribution < -0.4 is 16.4 Å². The number of carbonyl (C=O) groups excluding carboxylic acids is 2. The molecule has 204 valence electrons. The van der Waals surface area contributed by atoms with Crippen molar-refractivity contribution < 1.29 is 19.5 Å². The summed E-state index contributed by atoms with van der Waals surface area (Å²) in [6.07, 6.45) is 0.960. The third-order valence-electron chi connectivity index (χ3n) is 6.44. The van der Waals surface area contributed by atoms with Gasteiger partial charge in [0.15, 0.2) is 5.96 Å². The predicted octanol–water partition coefficient (Wildman–Crippen LogP) is 3.14. The van der Waals surface area contributed by atoms with E-state index in [-0.39, 0.29) is 31.4 Å². The Kier molecular flexibility index (Phi) is 9.15. The zero-order valence-electron chi connectivity index (χ0n) is 22.0. The van der Waals surface area contributed by atoms with Crippen LogP contribution in [0.5, 0.6) is 0 Å². The quantitative estimate of drug-likeness (QED) is 0.166. The SMILES string of the molecule is NC(N)=NCCCC#Cc1ccc2c(c1)C(=O)N(CCC(=O)O)CC(=O)N2C(c1ccccc1)c1ccccc1. The number of carboxylic acids is 1. The number of guanidine groups is 1. The van der Waals surface area contributed by atoms with Gasteiger partial charge in [0.05, 0.1) is 23.7 Å². The standard InChI is InChI=1S/C31H31N5O4/c32-31(33)34-18-9-3-4-10-22-15-16-26-25(20-22)30(40)35(19-17-28(38)39)21-27(37)36(26)29(23-11-5-1-6-12-23)24-13-7-2-8-14-24/h1-2,5-8,11-16,20,29H,3,9,17-19,21H2,(H,38,39)(H4,32,33,34). The van der Waals surface area contributed by atoms with Crippen molar-refractivity contribution in [2.75, 3.05) is 24.5 Å². The average molecular weight is 538 g/mol. The molecule has 0 radical (unpaired) electrons. The number of hydrogen-bond acceptors (Lipinski definition) is 4. The molecular formula is C31H31N5O4. The van der Waals surface area contributed by atoms with E-state index in [1.807, 2.05) is 60.7 Å². The molecule has 40 heavy (non-hydrogen) atoms. The summed E-state index contributed by atoms with van der Waals surface area (Å²) in [6, 6.07) is 23.9. The van der Waals surface area contributed by atoms with Crippen LogP contribution in [0.2, 0.25) is 0 Å². The second kappa shape index (κ2) is 13.1. The lowest BCUT2D eigenvalue weighted by molar-refractivity contribution is -0.137. The van der Waals surface area contributed by atoms with Gasteiger partial charge in [-0.05, 0) is 35.7 Å². The number of carbonyl (C=O) groups is 3. The lowest BCUT2D eigenvalue weighted by Crippen LogP contribution is -2.42. The summed E-state index contributed by atoms with van der Waals surface area (Å²) in [6.45, 7) is 0.133. The molecule has 0 aliphatic carbocycles. The summed E-state index contributed by atoms with van der Waals surface area (Å²) in [5.74, 6) is 4.42. The van der Waals surface area contributed by atoms with E-state index in [4.69, 9.17) is 11.5 Å². The Balaban J connectivity index is 1.78. The van der Waals surface area contributed by atoms with Gasteiger partial charge in [0.25, 0.3) is 5.91 Å². The fraction of sp³-hybridized carbons (Fsp3) is 0.226. The second-order valence-corrected chi connectivity index (χ2v) is 9.30. The third kappa shape index (κ3) is 6.85. The molecule has 4 rings (SSSR count). The van der Waals surface area contributed by atoms with Crippen LogP contribution in [0.3, 0.4) is 0 Å². The van der Waals surface area contributed by atoms with Gasteiger partial charge in [0.2, 0.25) is 5.91 Å². The van der Waals surface area contributed by atoms with Gasteiger partial charge >= 0.3 is 5.97 Å². The smallest absolute Gasteiger partial charge is 0.305 e. The molecule has 0 unspecified atom stereocenters. The Morgan fingerprint density at radius 1 is 0.975 bits per heavy atom. The van der Waals surface area contributed by atoms with Crippen molar-refractivity contribution in [3.63, 3.8) is 0 Å². The van der Waals surface area contributed by atoms with Gasteiger partial charge < -0.3 is 21.5 Å². The van der Waals surface area contributed by atoms with Gasteiger partial charge in [-0.2, -0.15) is 0 Å². The number of aliphatic imine (C=N–C) groups is 1. The minimum Gasteiger partial charge on any atom is -0.481 e. The van der Waals surface area contributed by atoms with Crippen molar-refractivity contribution in [3.05, 3.63) is 101 Å². The Morgan fingerprint density at radius 3 is 2.23 bits per heavy atom. The maximum absolute atomic E-state index is 13.9. The van der Waals surface area contributed by atoms with Crippen molar-refractivity contribution in [1.29, 1.82) is 0 Å². The Hall–Kier alpha value is -5.10. The molecule has 1 aliphatic rings. The maximum Gasteiger partial charge on any atom is 0.305 e. The number of fused-ring (bicyclic) bond motifs is 1. The summed E-state index contributed by atoms with van der Waals surface area (Å²) in [4.78, 5) is 45.8. The molecule has 9 nitrogen and oxygen atoms in total. The van der Waals surface area contributed by atoms with Crippen LogP contribution in [-0.2, 0) is 9.59 Å². The molecule has 0 spiro atoms. The van der Waals surface area contributed by atoms with E-state index in [1.165, 1.54) is 4.90 Å². The molecule has 5 N–H and O–H groups in total. The molecule has 0 bridgehead atoms. The molecule has 1 heterocycles. The van der Waals surface area contributed by atoms with Crippen LogP contribution in [0.15, 0.2) is 83.9 Å². The topological polar surface area (TPSA) is 142 Å². The first-order valence-electron chi connectivity index (χ1n) is 13.0. The summed E-state index contributed by atoms with van der Waals surface area (Å²) in [7, 11) is 0. The third-order valence-corrected chi connectivity index (χ3v) is 6.44. The van der Waals surface area contributed by atoms with Crippen molar-refractivity contribution in [2.24, 2.45) is 16.5 Å². The molecule has 0 saturated carbocycles. The average Bonchev–Trinajstić information content (AvgIpc) is 3.05. The zero-order chi connectivity index (χ0) is 28.5. The predicted molar refractivity (Wildman–Crippen MR) is 154 cm³/mol. The Morgan fingerprint density at radius 2 is 1.62 bits per heavy atom. The molecule has 0 atom stereocenters. The van der Waals surface area contributed by atoms with Crippen molar-refractivity contribution in [2.45, 2.75) is 25.3 Å². The highest BCUT2D eigenvalue weighted by Gasteiger charge is 2.36. The number of nitrogens with zero attached hydrogens (tertiary/aromatic N) is 3. The summed E-state index contributed by atoms with van der Waals surface area (Å²) in [5.41, 5.74) is 13.8. The molecular weight excluding hydrogens is 506 g/mol. The van der Waals surface area contributed by atoms with Crippen LogP contribution in [0.4, 0.5) is 5.69 Å². The number of benzene rings is 3. The van der Waals surface area contributed by atoms with Crippen molar-refractivity contribution in [1.82, 2.24) is 4.90 Å². The van der Waals surface area contributed by atoms with Crippen LogP contribution in [0.1, 0.15) is 52.4 Å². The number of amides is 2. The van der Waals surface area contributed by atoms with Crippen LogP contribution in [0, 0.1) is 11.8 Å². The minimum absolute atomic E-state index is 0.0353. The molecule has 9 heteroatoms. The summed E-state index contributed by atoms with van der Waals surface area (Å²) in [5, 5.41) is 9.26. The van der Waals surface area contributed by atoms with Crippen molar-refractivity contribution in [3.8, 4) is 11.8 Å². The Labute approximate surface area is 233 Å². The molecule has 2 amide bonds. The van der Waals surface area contributed by atoms with Crippen molar-refractivity contribution >= 4 is 29.4 Å². The number of rotatable bonds is 9. The monoisotopic (exact) mass is 537 g/mol. The van der Waals surface area contributed by atoms with Crippen LogP contribution in [0.25, 0.3) is 0 Å². The first-order chi connectivity index (χ1) is 19.3. The number of hydrogen-bond donors (Lipinski definition) is 3. The number of unbranched alkanes of at least 4 members (excludes halogenated alkanes) is 1. The highest BCUT2D eigenvalue weighted by Crippen LogP contribution is 2.37. The lowest BCUT2D eigenvalue weighted by Gasteiger charge is -2.32. The largest absolute Gasteiger partial charge is 0.481 e. The second-order valence-electron chi connectivity index (χ2n) is 9.30. The van der Waals surface area contributed by atoms with Gasteiger partial charge in [-0.1, -0.05) is 72.5 Å². The molecule has 3 aromatic carbocycles. The van der Waals surface area contributed by atoms with Gasteiger partial charge in [-0.25, -0.2) is 0 Å². The van der Waals surface area contributed by atoms with E-state index in [1.54, 1.807) is 23.1 Å². The highest BCUT2D eigenvalue weighted by atomic mass is 16.4. The maximum atomic E-state index is 13.9. The zero-order valence-corrected chi connectivity index (χ0v) is 22.0. The number of anilines is 1. The molecule has 0 saturated heterocycles. The van der Waals surface area contributed by atoms with Gasteiger partial charge in [0.1, 0.15) is 6.54 Å². The van der Waals surface area contributed by atoms with E-state index < -0.39 is 17.9 Å². The van der Waals surface area contributed by atoms with Gasteiger partial charge in [0, 0.05) is 25.1 Å². The molecule has 1 aliphatic heterocycles. The first-order valence-corrected chi connectivity index (χ1v) is 13.0. The first kappa shape index (κ1) is 27.9. The summed E-state index contributed by atoms with van der Waals surface area (Å²) < 4.78 is 0. The van der Waals surface area contributed by atoms with Crippen LogP contribution in [-0.4, -0.2) is 53.4 Å². The van der Waals surface area contributed by atoms with Crippen LogP contribution >= 0.6 is 0 Å². The minimum atomic E-state index is -1.05. The molecule has 3 aromatic rings. The highest BCUT2D eigenvalue weighted by molar-refractivity contribution is 6.10. The fourth-order valence-corrected chi connectivity index (χ4v) is 4.61. The van der Waals surface area contributed by atoms with E-state index in [2.05, 4.69) is 16.8 Å². The van der Waals surface area contributed by atoms with Gasteiger partial charge in [-0.3, -0.25) is 24.3 Å². The Bertz CT molecular complexity index is 1420. The number of carboxylic acid groups (broad SMARTS) is 1. The number of aliphatic carboxylic acids is 1. The van der Waals surface area contributed by atoms with E-state index in [9.17, 15) is 19.5 Å². The van der Waals surface area contributed by atoms with Gasteiger partial charge in [-0.15, -0.1) is 0 Å². The summed E-state index contributed by atoms with van der Waals surface area (Å²) >= 11 is 0.